The first-order chi connectivity index (χ1) is 8.09. The average Bonchev–Trinajstić information content (AvgIpc) is 2.61. The predicted molar refractivity (Wildman–Crippen MR) is 64.3 cm³/mol. The minimum atomic E-state index is -0.949. The van der Waals surface area contributed by atoms with Crippen molar-refractivity contribution in [2.24, 2.45) is 0 Å². The van der Waals surface area contributed by atoms with E-state index in [-0.39, 0.29) is 6.42 Å². The maximum absolute atomic E-state index is 10.6. The van der Waals surface area contributed by atoms with Gasteiger partial charge in [0.05, 0.1) is 23.3 Å². The molecule has 1 aromatic carbocycles. The van der Waals surface area contributed by atoms with E-state index in [1.54, 1.807) is 24.3 Å². The highest BCUT2D eigenvalue weighted by Gasteiger charge is 2.13. The molecule has 5 nitrogen and oxygen atoms in total. The summed E-state index contributed by atoms with van der Waals surface area (Å²) < 4.78 is 1.43. The van der Waals surface area contributed by atoms with Crippen LogP contribution in [0.3, 0.4) is 0 Å². The lowest BCUT2D eigenvalue weighted by atomic mass is 10.2. The second-order valence-electron chi connectivity index (χ2n) is 3.49. The van der Waals surface area contributed by atoms with E-state index in [2.05, 4.69) is 5.10 Å². The Morgan fingerprint density at radius 2 is 2.18 bits per heavy atom. The Morgan fingerprint density at radius 3 is 2.82 bits per heavy atom. The lowest BCUT2D eigenvalue weighted by Gasteiger charge is -2.06. The molecule has 2 rings (SSSR count). The molecule has 6 heteroatoms. The summed E-state index contributed by atoms with van der Waals surface area (Å²) in [4.78, 5) is 10.6. The molecule has 1 aromatic heterocycles. The average molecular weight is 252 g/mol. The number of aromatic nitrogens is 2. The maximum atomic E-state index is 10.6. The highest BCUT2D eigenvalue weighted by atomic mass is 35.5. The fourth-order valence-electron chi connectivity index (χ4n) is 1.51. The number of para-hydroxylation sites is 1. The van der Waals surface area contributed by atoms with Gasteiger partial charge in [0, 0.05) is 5.56 Å². The van der Waals surface area contributed by atoms with Crippen molar-refractivity contribution in [3.05, 3.63) is 41.0 Å². The van der Waals surface area contributed by atoms with E-state index < -0.39 is 5.97 Å². The van der Waals surface area contributed by atoms with Gasteiger partial charge in [-0.25, -0.2) is 4.68 Å². The van der Waals surface area contributed by atoms with Gasteiger partial charge in [-0.2, -0.15) is 5.10 Å². The van der Waals surface area contributed by atoms with Crippen molar-refractivity contribution in [1.82, 2.24) is 9.78 Å². The zero-order valence-corrected chi connectivity index (χ0v) is 9.55. The number of nitrogens with zero attached hydrogens (tertiary/aromatic N) is 2. The number of halogens is 1. The van der Waals surface area contributed by atoms with E-state index >= 15 is 0 Å². The summed E-state index contributed by atoms with van der Waals surface area (Å²) in [5.41, 5.74) is 6.93. The Labute approximate surface area is 102 Å². The normalized spacial score (nSPS) is 10.4. The standard InChI is InChI=1S/C11H10ClN3O2/c12-8-3-1-2-4-9(8)15-11(13)7(6-14-15)5-10(16)17/h1-4,6H,5,13H2,(H,16,17). The molecule has 0 aliphatic heterocycles. The first-order valence-electron chi connectivity index (χ1n) is 4.88. The van der Waals surface area contributed by atoms with E-state index in [1.807, 2.05) is 0 Å². The van der Waals surface area contributed by atoms with Gasteiger partial charge in [-0.05, 0) is 12.1 Å². The smallest absolute Gasteiger partial charge is 0.308 e. The molecule has 0 bridgehead atoms. The number of carboxylic acid groups (broad SMARTS) is 1. The third-order valence-corrected chi connectivity index (χ3v) is 2.63. The summed E-state index contributed by atoms with van der Waals surface area (Å²) in [6.45, 7) is 0. The largest absolute Gasteiger partial charge is 0.481 e. The number of hydrogen-bond donors (Lipinski definition) is 2. The van der Waals surface area contributed by atoms with Gasteiger partial charge in [-0.3, -0.25) is 4.79 Å². The summed E-state index contributed by atoms with van der Waals surface area (Å²) in [5, 5.41) is 13.3. The number of carboxylic acids is 1. The summed E-state index contributed by atoms with van der Waals surface area (Å²) in [6, 6.07) is 7.08. The quantitative estimate of drug-likeness (QED) is 0.871. The third kappa shape index (κ3) is 2.24. The van der Waals surface area contributed by atoms with E-state index in [4.69, 9.17) is 22.4 Å². The monoisotopic (exact) mass is 251 g/mol. The van der Waals surface area contributed by atoms with Gasteiger partial charge in [-0.1, -0.05) is 23.7 Å². The summed E-state index contributed by atoms with van der Waals surface area (Å²) in [6.07, 6.45) is 1.28. The molecular formula is C11H10ClN3O2. The Balaban J connectivity index is 2.44. The SMILES string of the molecule is Nc1c(CC(=O)O)cnn1-c1ccccc1Cl. The number of hydrogen-bond acceptors (Lipinski definition) is 3. The van der Waals surface area contributed by atoms with Crippen LogP contribution in [-0.4, -0.2) is 20.9 Å². The molecule has 17 heavy (non-hydrogen) atoms. The van der Waals surface area contributed by atoms with Crippen molar-refractivity contribution in [2.45, 2.75) is 6.42 Å². The van der Waals surface area contributed by atoms with Gasteiger partial charge in [-0.15, -0.1) is 0 Å². The fourth-order valence-corrected chi connectivity index (χ4v) is 1.72. The number of nitrogen functional groups attached to an aromatic ring is 1. The van der Waals surface area contributed by atoms with Crippen LogP contribution in [0.4, 0.5) is 5.82 Å². The molecule has 0 amide bonds. The van der Waals surface area contributed by atoms with Crippen molar-refractivity contribution in [3.63, 3.8) is 0 Å². The fraction of sp³-hybridized carbons (Fsp3) is 0.0909. The second kappa shape index (κ2) is 4.47. The summed E-state index contributed by atoms with van der Waals surface area (Å²) >= 11 is 6.01. The molecule has 0 atom stereocenters. The van der Waals surface area contributed by atoms with Crippen molar-refractivity contribution >= 4 is 23.4 Å². The van der Waals surface area contributed by atoms with Gasteiger partial charge in [0.25, 0.3) is 0 Å². The van der Waals surface area contributed by atoms with Gasteiger partial charge in [0.2, 0.25) is 0 Å². The van der Waals surface area contributed by atoms with E-state index in [0.717, 1.165) is 0 Å². The lowest BCUT2D eigenvalue weighted by molar-refractivity contribution is -0.136. The highest BCUT2D eigenvalue weighted by Crippen LogP contribution is 2.23. The van der Waals surface area contributed by atoms with Crippen molar-refractivity contribution in [1.29, 1.82) is 0 Å². The van der Waals surface area contributed by atoms with Crippen LogP contribution in [0.1, 0.15) is 5.56 Å². The van der Waals surface area contributed by atoms with Gasteiger partial charge < -0.3 is 10.8 Å². The van der Waals surface area contributed by atoms with Crippen LogP contribution in [-0.2, 0) is 11.2 Å². The Bertz CT molecular complexity index is 566. The van der Waals surface area contributed by atoms with Crippen molar-refractivity contribution in [2.75, 3.05) is 5.73 Å². The van der Waals surface area contributed by atoms with Crippen LogP contribution in [0.25, 0.3) is 5.69 Å². The number of anilines is 1. The number of rotatable bonds is 3. The zero-order valence-electron chi connectivity index (χ0n) is 8.80. The maximum Gasteiger partial charge on any atom is 0.308 e. The van der Waals surface area contributed by atoms with E-state index in [9.17, 15) is 4.79 Å². The number of aliphatic carboxylic acids is 1. The Kier molecular flexibility index (Phi) is 3.01. The zero-order chi connectivity index (χ0) is 12.4. The van der Waals surface area contributed by atoms with Crippen molar-refractivity contribution in [3.8, 4) is 5.69 Å². The van der Waals surface area contributed by atoms with E-state index in [1.165, 1.54) is 10.9 Å². The topological polar surface area (TPSA) is 81.1 Å². The molecule has 0 saturated heterocycles. The molecule has 0 unspecified atom stereocenters. The number of benzene rings is 1. The molecule has 0 saturated carbocycles. The van der Waals surface area contributed by atoms with Crippen LogP contribution in [0.5, 0.6) is 0 Å². The Hall–Kier alpha value is -2.01. The van der Waals surface area contributed by atoms with Gasteiger partial charge in [0.1, 0.15) is 5.82 Å². The van der Waals surface area contributed by atoms with Crippen LogP contribution < -0.4 is 5.73 Å². The number of nitrogens with two attached hydrogens (primary N) is 1. The second-order valence-corrected chi connectivity index (χ2v) is 3.90. The first-order valence-corrected chi connectivity index (χ1v) is 5.26. The Morgan fingerprint density at radius 1 is 1.47 bits per heavy atom. The van der Waals surface area contributed by atoms with Crippen molar-refractivity contribution < 1.29 is 9.90 Å². The van der Waals surface area contributed by atoms with Gasteiger partial charge in [0.15, 0.2) is 0 Å². The molecule has 0 spiro atoms. The van der Waals surface area contributed by atoms with Crippen LogP contribution in [0, 0.1) is 0 Å². The molecule has 3 N–H and O–H groups in total. The first kappa shape index (κ1) is 11.5. The minimum Gasteiger partial charge on any atom is -0.481 e. The lowest BCUT2D eigenvalue weighted by Crippen LogP contribution is -2.06. The molecule has 88 valence electrons. The highest BCUT2D eigenvalue weighted by molar-refractivity contribution is 6.32. The van der Waals surface area contributed by atoms with Crippen LogP contribution in [0.15, 0.2) is 30.5 Å². The molecule has 0 fully saturated rings. The molecule has 1 heterocycles. The van der Waals surface area contributed by atoms with Gasteiger partial charge >= 0.3 is 5.97 Å². The summed E-state index contributed by atoms with van der Waals surface area (Å²) in [7, 11) is 0. The molecule has 0 aliphatic rings. The molecule has 0 aliphatic carbocycles. The molecular weight excluding hydrogens is 242 g/mol. The van der Waals surface area contributed by atoms with Crippen LogP contribution in [0.2, 0.25) is 5.02 Å². The number of carbonyl (C=O) groups is 1. The predicted octanol–water partition coefficient (Wildman–Crippen LogP) is 1.73. The third-order valence-electron chi connectivity index (χ3n) is 2.31. The summed E-state index contributed by atoms with van der Waals surface area (Å²) in [5.74, 6) is -0.657. The van der Waals surface area contributed by atoms with E-state index in [0.29, 0.717) is 22.1 Å². The van der Waals surface area contributed by atoms with Crippen LogP contribution >= 0.6 is 11.6 Å². The minimum absolute atomic E-state index is 0.156. The molecule has 2 aromatic rings. The molecule has 0 radical (unpaired) electrons.